The van der Waals surface area contributed by atoms with Gasteiger partial charge in [-0.3, -0.25) is 9.97 Å². The van der Waals surface area contributed by atoms with Crippen LogP contribution in [0.4, 0.5) is 0 Å². The lowest BCUT2D eigenvalue weighted by Gasteiger charge is -2.41. The van der Waals surface area contributed by atoms with E-state index in [0.29, 0.717) is 0 Å². The van der Waals surface area contributed by atoms with Crippen molar-refractivity contribution in [1.29, 1.82) is 0 Å². The number of nitrogens with zero attached hydrogens (tertiary/aromatic N) is 2. The molecular weight excluding hydrogens is 769 g/mol. The molecule has 0 bridgehead atoms. The SMILES string of the molecule is CC(C)(C)c1ccc2c(c1)C(c1cccc(-c3ccc4c(c3)sc3ccccc34)n1)(c1cccc(-c3ccc4c(c3)sc3ccccc34)n1)c1cc(C(C)(C)C)ccc1O2. The fourth-order valence-electron chi connectivity index (χ4n) is 9.08. The number of ether oxygens (including phenoxy) is 1. The van der Waals surface area contributed by atoms with E-state index < -0.39 is 5.41 Å². The fourth-order valence-corrected chi connectivity index (χ4v) is 11.4. The van der Waals surface area contributed by atoms with E-state index in [4.69, 9.17) is 14.7 Å². The lowest BCUT2D eigenvalue weighted by atomic mass is 9.65. The topological polar surface area (TPSA) is 35.0 Å². The molecule has 0 fully saturated rings. The Hall–Kier alpha value is -6.14. The monoisotopic (exact) mass is 812 g/mol. The summed E-state index contributed by atoms with van der Waals surface area (Å²) in [5.41, 5.74) is 9.21. The number of rotatable bonds is 4. The molecule has 292 valence electrons. The highest BCUT2D eigenvalue weighted by Crippen LogP contribution is 2.56. The van der Waals surface area contributed by atoms with Crippen LogP contribution < -0.4 is 4.74 Å². The first-order chi connectivity index (χ1) is 28.9. The number of hydrogen-bond donors (Lipinski definition) is 0. The standard InChI is InChI=1S/C55H44N2OS2/c1-53(2,3)35-23-27-45-41(31-35)55(42-32-36(54(4,5)6)24-28-46(42)58-45,51-19-11-15-43(56-51)33-21-25-39-37-13-7-9-17-47(37)59-49(39)29-33)52-20-12-16-44(57-52)34-22-26-40-38-14-8-10-18-48(38)60-50(40)30-34/h7-32H,1-6H3. The maximum Gasteiger partial charge on any atom is 0.132 e. The van der Waals surface area contributed by atoms with Crippen molar-refractivity contribution < 1.29 is 4.74 Å². The highest BCUT2D eigenvalue weighted by Gasteiger charge is 2.49. The average Bonchev–Trinajstić information content (AvgIpc) is 3.82. The van der Waals surface area contributed by atoms with E-state index in [1.165, 1.54) is 51.5 Å². The Morgan fingerprint density at radius 1 is 0.417 bits per heavy atom. The van der Waals surface area contributed by atoms with Gasteiger partial charge in [-0.05, 0) is 94.8 Å². The van der Waals surface area contributed by atoms with Gasteiger partial charge >= 0.3 is 0 Å². The van der Waals surface area contributed by atoms with Gasteiger partial charge in [0.05, 0.1) is 22.8 Å². The summed E-state index contributed by atoms with van der Waals surface area (Å²) in [6, 6.07) is 57.4. The number of pyridine rings is 2. The molecule has 0 aliphatic carbocycles. The molecule has 11 rings (SSSR count). The predicted molar refractivity (Wildman–Crippen MR) is 254 cm³/mol. The van der Waals surface area contributed by atoms with Gasteiger partial charge in [0.15, 0.2) is 0 Å². The van der Waals surface area contributed by atoms with Crippen molar-refractivity contribution in [3.8, 4) is 34.0 Å². The number of aromatic nitrogens is 2. The molecule has 5 heteroatoms. The van der Waals surface area contributed by atoms with Crippen LogP contribution in [0, 0.1) is 0 Å². The van der Waals surface area contributed by atoms with Crippen molar-refractivity contribution in [2.24, 2.45) is 0 Å². The summed E-state index contributed by atoms with van der Waals surface area (Å²) in [5, 5.41) is 5.14. The van der Waals surface area contributed by atoms with Gasteiger partial charge in [0.1, 0.15) is 16.9 Å². The molecule has 6 aromatic carbocycles. The molecule has 5 heterocycles. The molecule has 10 aromatic rings. The third-order valence-corrected chi connectivity index (χ3v) is 14.6. The Bertz CT molecular complexity index is 3120. The second kappa shape index (κ2) is 13.4. The summed E-state index contributed by atoms with van der Waals surface area (Å²) in [4.78, 5) is 11.5. The molecule has 0 amide bonds. The zero-order chi connectivity index (χ0) is 41.0. The van der Waals surface area contributed by atoms with E-state index in [1.807, 2.05) is 22.7 Å². The van der Waals surface area contributed by atoms with Gasteiger partial charge in [-0.1, -0.05) is 126 Å². The Kier molecular flexibility index (Phi) is 8.26. The Morgan fingerprint density at radius 3 is 1.30 bits per heavy atom. The molecule has 1 aliphatic rings. The number of hydrogen-bond acceptors (Lipinski definition) is 5. The molecule has 0 saturated heterocycles. The Balaban J connectivity index is 1.20. The van der Waals surface area contributed by atoms with Crippen molar-refractivity contribution >= 4 is 63.0 Å². The van der Waals surface area contributed by atoms with Crippen LogP contribution in [0.3, 0.4) is 0 Å². The Morgan fingerprint density at radius 2 is 0.850 bits per heavy atom. The van der Waals surface area contributed by atoms with Crippen LogP contribution in [-0.4, -0.2) is 9.97 Å². The van der Waals surface area contributed by atoms with Crippen molar-refractivity contribution in [3.63, 3.8) is 0 Å². The Labute approximate surface area is 359 Å². The van der Waals surface area contributed by atoms with Gasteiger partial charge in [0, 0.05) is 62.6 Å². The first kappa shape index (κ1) is 36.9. The summed E-state index contributed by atoms with van der Waals surface area (Å²) < 4.78 is 12.0. The van der Waals surface area contributed by atoms with E-state index in [-0.39, 0.29) is 10.8 Å². The van der Waals surface area contributed by atoms with Gasteiger partial charge in [0.25, 0.3) is 0 Å². The lowest BCUT2D eigenvalue weighted by molar-refractivity contribution is 0.426. The van der Waals surface area contributed by atoms with Gasteiger partial charge < -0.3 is 4.74 Å². The maximum absolute atomic E-state index is 6.94. The number of fused-ring (bicyclic) bond motifs is 8. The van der Waals surface area contributed by atoms with E-state index in [1.54, 1.807) is 0 Å². The fraction of sp³-hybridized carbons (Fsp3) is 0.164. The minimum Gasteiger partial charge on any atom is -0.457 e. The first-order valence-corrected chi connectivity index (χ1v) is 22.3. The van der Waals surface area contributed by atoms with Crippen LogP contribution in [0.25, 0.3) is 62.9 Å². The van der Waals surface area contributed by atoms with Crippen LogP contribution in [0.5, 0.6) is 11.5 Å². The van der Waals surface area contributed by atoms with Crippen molar-refractivity contribution in [2.75, 3.05) is 0 Å². The molecule has 0 saturated carbocycles. The number of thiophene rings is 2. The largest absolute Gasteiger partial charge is 0.457 e. The summed E-state index contributed by atoms with van der Waals surface area (Å²) in [6.07, 6.45) is 0. The zero-order valence-electron chi connectivity index (χ0n) is 34.6. The molecule has 0 N–H and O–H groups in total. The third-order valence-electron chi connectivity index (χ3n) is 12.3. The van der Waals surface area contributed by atoms with E-state index in [9.17, 15) is 0 Å². The van der Waals surface area contributed by atoms with Crippen molar-refractivity contribution in [3.05, 3.63) is 191 Å². The van der Waals surface area contributed by atoms with Gasteiger partial charge in [-0.25, -0.2) is 0 Å². The van der Waals surface area contributed by atoms with Crippen LogP contribution in [0.2, 0.25) is 0 Å². The summed E-state index contributed by atoms with van der Waals surface area (Å²) >= 11 is 3.67. The highest BCUT2D eigenvalue weighted by molar-refractivity contribution is 7.26. The molecule has 3 nitrogen and oxygen atoms in total. The third kappa shape index (κ3) is 5.82. The van der Waals surface area contributed by atoms with E-state index in [0.717, 1.165) is 56.5 Å². The second-order valence-corrected chi connectivity index (χ2v) is 20.4. The molecule has 0 atom stereocenters. The molecule has 0 radical (unpaired) electrons. The predicted octanol–water partition coefficient (Wildman–Crippen LogP) is 15.6. The van der Waals surface area contributed by atoms with Gasteiger partial charge in [-0.15, -0.1) is 22.7 Å². The summed E-state index contributed by atoms with van der Waals surface area (Å²) in [7, 11) is 0. The molecule has 4 aromatic heterocycles. The van der Waals surface area contributed by atoms with Crippen molar-refractivity contribution in [1.82, 2.24) is 9.97 Å². The summed E-state index contributed by atoms with van der Waals surface area (Å²) in [5.74, 6) is 1.63. The molecule has 0 unspecified atom stereocenters. The normalized spacial score (nSPS) is 13.8. The van der Waals surface area contributed by atoms with Crippen LogP contribution >= 0.6 is 22.7 Å². The quantitative estimate of drug-likeness (QED) is 0.178. The second-order valence-electron chi connectivity index (χ2n) is 18.2. The van der Waals surface area contributed by atoms with E-state index >= 15 is 0 Å². The summed E-state index contributed by atoms with van der Waals surface area (Å²) in [6.45, 7) is 13.7. The van der Waals surface area contributed by atoms with Crippen LogP contribution in [-0.2, 0) is 16.2 Å². The minimum atomic E-state index is -0.930. The highest BCUT2D eigenvalue weighted by atomic mass is 32.1. The smallest absolute Gasteiger partial charge is 0.132 e. The lowest BCUT2D eigenvalue weighted by Crippen LogP contribution is -2.37. The molecular formula is C55H44N2OS2. The maximum atomic E-state index is 6.94. The van der Waals surface area contributed by atoms with Crippen LogP contribution in [0.15, 0.2) is 158 Å². The minimum absolute atomic E-state index is 0.113. The zero-order valence-corrected chi connectivity index (χ0v) is 36.3. The van der Waals surface area contributed by atoms with Gasteiger partial charge in [0.2, 0.25) is 0 Å². The van der Waals surface area contributed by atoms with Crippen molar-refractivity contribution in [2.45, 2.75) is 57.8 Å². The van der Waals surface area contributed by atoms with E-state index in [2.05, 4.69) is 199 Å². The average molecular weight is 813 g/mol. The number of benzene rings is 6. The molecule has 0 spiro atoms. The molecule has 1 aliphatic heterocycles. The van der Waals surface area contributed by atoms with Crippen LogP contribution in [0.1, 0.15) is 75.2 Å². The first-order valence-electron chi connectivity index (χ1n) is 20.7. The molecule has 60 heavy (non-hydrogen) atoms. The van der Waals surface area contributed by atoms with Gasteiger partial charge in [-0.2, -0.15) is 0 Å².